The number of benzene rings is 2. The van der Waals surface area contributed by atoms with Crippen LogP contribution in [0.4, 0.5) is 18.0 Å². The number of carboxylic acid groups (broad SMARTS) is 1. The highest BCUT2D eigenvalue weighted by molar-refractivity contribution is 5.67. The highest BCUT2D eigenvalue weighted by Crippen LogP contribution is 2.34. The molecule has 27 heavy (non-hydrogen) atoms. The van der Waals surface area contributed by atoms with E-state index in [-0.39, 0.29) is 17.1 Å². The molecule has 1 heterocycles. The molecule has 3 aromatic rings. The first-order valence-corrected chi connectivity index (χ1v) is 7.61. The summed E-state index contributed by atoms with van der Waals surface area (Å²) in [4.78, 5) is 10.8. The van der Waals surface area contributed by atoms with Gasteiger partial charge in [0.25, 0.3) is 0 Å². The molecule has 1 aromatic heterocycles. The first-order valence-electron chi connectivity index (χ1n) is 7.61. The van der Waals surface area contributed by atoms with Crippen molar-refractivity contribution in [3.8, 4) is 28.6 Å². The number of carbonyl (C=O) groups is 1. The fourth-order valence-corrected chi connectivity index (χ4v) is 2.50. The number of methoxy groups -OCH3 is 1. The zero-order valence-electron chi connectivity index (χ0n) is 13.9. The van der Waals surface area contributed by atoms with Crippen molar-refractivity contribution in [3.05, 3.63) is 60.2 Å². The van der Waals surface area contributed by atoms with Gasteiger partial charge in [-0.05, 0) is 24.3 Å². The van der Waals surface area contributed by atoms with Gasteiger partial charge in [0.15, 0.2) is 0 Å². The van der Waals surface area contributed by atoms with Gasteiger partial charge in [-0.2, -0.15) is 13.2 Å². The topological polar surface area (TPSA) is 73.6 Å². The lowest BCUT2D eigenvalue weighted by Crippen LogP contribution is -2.06. The Morgan fingerprint density at radius 2 is 1.85 bits per heavy atom. The summed E-state index contributed by atoms with van der Waals surface area (Å²) in [6.45, 7) is 0. The van der Waals surface area contributed by atoms with E-state index in [0.29, 0.717) is 11.4 Å². The Bertz CT molecular complexity index is 983. The summed E-state index contributed by atoms with van der Waals surface area (Å²) in [7, 11) is 1.47. The molecule has 6 nitrogen and oxygen atoms in total. The SMILES string of the molecule is COc1cccc(-n2nc(OC(=O)O)cc2-c2cccc(C(F)(F)F)c2)c1. The lowest BCUT2D eigenvalue weighted by Gasteiger charge is -2.11. The van der Waals surface area contributed by atoms with Crippen molar-refractivity contribution in [1.29, 1.82) is 0 Å². The molecule has 3 rings (SSSR count). The Morgan fingerprint density at radius 3 is 2.52 bits per heavy atom. The van der Waals surface area contributed by atoms with Gasteiger partial charge in [-0.1, -0.05) is 18.2 Å². The molecular formula is C18H13F3N2O4. The number of ether oxygens (including phenoxy) is 2. The number of aromatic nitrogens is 2. The van der Waals surface area contributed by atoms with Crippen LogP contribution in [0.5, 0.6) is 11.6 Å². The van der Waals surface area contributed by atoms with Gasteiger partial charge in [0.1, 0.15) is 5.75 Å². The van der Waals surface area contributed by atoms with Crippen LogP contribution in [0.3, 0.4) is 0 Å². The molecule has 0 aliphatic carbocycles. The van der Waals surface area contributed by atoms with Gasteiger partial charge in [-0.25, -0.2) is 9.48 Å². The summed E-state index contributed by atoms with van der Waals surface area (Å²) in [5.74, 6) is 0.233. The number of alkyl halides is 3. The predicted molar refractivity (Wildman–Crippen MR) is 89.2 cm³/mol. The van der Waals surface area contributed by atoms with Crippen LogP contribution in [0.2, 0.25) is 0 Å². The molecule has 0 spiro atoms. The molecule has 140 valence electrons. The van der Waals surface area contributed by atoms with Crippen molar-refractivity contribution in [2.75, 3.05) is 7.11 Å². The lowest BCUT2D eigenvalue weighted by molar-refractivity contribution is -0.137. The standard InChI is InChI=1S/C18H13F3N2O4/c1-26-14-7-3-6-13(9-14)23-15(10-16(22-23)27-17(24)25)11-4-2-5-12(8-11)18(19,20)21/h2-10H,1H3,(H,24,25). The molecule has 0 aliphatic rings. The molecule has 0 saturated heterocycles. The smallest absolute Gasteiger partial charge is 0.497 e. The molecule has 0 bridgehead atoms. The molecule has 0 saturated carbocycles. The van der Waals surface area contributed by atoms with Gasteiger partial charge < -0.3 is 14.6 Å². The van der Waals surface area contributed by atoms with E-state index in [0.717, 1.165) is 12.1 Å². The summed E-state index contributed by atoms with van der Waals surface area (Å²) in [5, 5.41) is 12.8. The summed E-state index contributed by atoms with van der Waals surface area (Å²) >= 11 is 0. The van der Waals surface area contributed by atoms with Gasteiger partial charge in [-0.15, -0.1) is 5.10 Å². The molecule has 9 heteroatoms. The average molecular weight is 378 g/mol. The van der Waals surface area contributed by atoms with E-state index >= 15 is 0 Å². The molecular weight excluding hydrogens is 365 g/mol. The Labute approximate surface area is 151 Å². The summed E-state index contributed by atoms with van der Waals surface area (Å²) < 4.78 is 50.1. The Balaban J connectivity index is 2.16. The van der Waals surface area contributed by atoms with Crippen LogP contribution in [0.25, 0.3) is 16.9 Å². The van der Waals surface area contributed by atoms with Gasteiger partial charge >= 0.3 is 12.3 Å². The van der Waals surface area contributed by atoms with E-state index in [1.54, 1.807) is 24.3 Å². The van der Waals surface area contributed by atoms with Crippen LogP contribution in [0.1, 0.15) is 5.56 Å². The van der Waals surface area contributed by atoms with Crippen molar-refractivity contribution < 1.29 is 32.5 Å². The maximum atomic E-state index is 13.0. The quantitative estimate of drug-likeness (QED) is 0.671. The van der Waals surface area contributed by atoms with Crippen molar-refractivity contribution in [2.24, 2.45) is 0 Å². The van der Waals surface area contributed by atoms with Crippen molar-refractivity contribution in [2.45, 2.75) is 6.18 Å². The van der Waals surface area contributed by atoms with Crippen LogP contribution >= 0.6 is 0 Å². The minimum Gasteiger partial charge on any atom is -0.497 e. The second-order valence-electron chi connectivity index (χ2n) is 5.43. The number of nitrogens with zero attached hydrogens (tertiary/aromatic N) is 2. The fraction of sp³-hybridized carbons (Fsp3) is 0.111. The second kappa shape index (κ2) is 7.02. The third-order valence-electron chi connectivity index (χ3n) is 3.66. The second-order valence-corrected chi connectivity index (χ2v) is 5.43. The zero-order valence-corrected chi connectivity index (χ0v) is 13.9. The van der Waals surface area contributed by atoms with Crippen molar-refractivity contribution in [1.82, 2.24) is 9.78 Å². The van der Waals surface area contributed by atoms with E-state index in [4.69, 9.17) is 9.84 Å². The number of rotatable bonds is 4. The minimum atomic E-state index is -4.52. The summed E-state index contributed by atoms with van der Waals surface area (Å²) in [6.07, 6.45) is -6.10. The molecule has 1 N–H and O–H groups in total. The average Bonchev–Trinajstić information content (AvgIpc) is 3.04. The maximum absolute atomic E-state index is 13.0. The van der Waals surface area contributed by atoms with Crippen LogP contribution in [-0.2, 0) is 6.18 Å². The van der Waals surface area contributed by atoms with Gasteiger partial charge in [0, 0.05) is 17.7 Å². The van der Waals surface area contributed by atoms with E-state index in [1.165, 1.54) is 30.0 Å². The predicted octanol–water partition coefficient (Wildman–Crippen LogP) is 4.62. The van der Waals surface area contributed by atoms with Crippen molar-refractivity contribution >= 4 is 6.16 Å². The molecule has 0 atom stereocenters. The lowest BCUT2D eigenvalue weighted by atomic mass is 10.1. The fourth-order valence-electron chi connectivity index (χ4n) is 2.50. The largest absolute Gasteiger partial charge is 0.512 e. The van der Waals surface area contributed by atoms with Crippen LogP contribution in [-0.4, -0.2) is 28.2 Å². The maximum Gasteiger partial charge on any atom is 0.512 e. The third-order valence-corrected chi connectivity index (χ3v) is 3.66. The number of hydrogen-bond donors (Lipinski definition) is 1. The highest BCUT2D eigenvalue weighted by Gasteiger charge is 2.31. The number of halogens is 3. The van der Waals surface area contributed by atoms with Crippen molar-refractivity contribution in [3.63, 3.8) is 0 Å². The zero-order chi connectivity index (χ0) is 19.6. The Morgan fingerprint density at radius 1 is 1.11 bits per heavy atom. The third kappa shape index (κ3) is 4.02. The molecule has 0 fully saturated rings. The first kappa shape index (κ1) is 18.3. The van der Waals surface area contributed by atoms with Gasteiger partial charge in [0.05, 0.1) is 24.1 Å². The van der Waals surface area contributed by atoms with E-state index in [9.17, 15) is 18.0 Å². The Kier molecular flexibility index (Phi) is 4.76. The highest BCUT2D eigenvalue weighted by atomic mass is 19.4. The minimum absolute atomic E-state index is 0.195. The number of hydrogen-bond acceptors (Lipinski definition) is 4. The normalized spacial score (nSPS) is 11.3. The monoisotopic (exact) mass is 378 g/mol. The van der Waals surface area contributed by atoms with Crippen LogP contribution < -0.4 is 9.47 Å². The molecule has 0 unspecified atom stereocenters. The Hall–Kier alpha value is -3.49. The first-order chi connectivity index (χ1) is 12.8. The van der Waals surface area contributed by atoms with E-state index < -0.39 is 17.9 Å². The van der Waals surface area contributed by atoms with Crippen LogP contribution in [0, 0.1) is 0 Å². The molecule has 0 amide bonds. The van der Waals surface area contributed by atoms with Crippen LogP contribution in [0.15, 0.2) is 54.6 Å². The van der Waals surface area contributed by atoms with E-state index in [1.807, 2.05) is 0 Å². The summed E-state index contributed by atoms with van der Waals surface area (Å²) in [5.41, 5.74) is 0.0482. The molecule has 0 radical (unpaired) electrons. The van der Waals surface area contributed by atoms with Gasteiger partial charge in [-0.3, -0.25) is 0 Å². The van der Waals surface area contributed by atoms with Gasteiger partial charge in [0.2, 0.25) is 5.88 Å². The molecule has 0 aliphatic heterocycles. The summed E-state index contributed by atoms with van der Waals surface area (Å²) in [6, 6.07) is 12.5. The van der Waals surface area contributed by atoms with E-state index in [2.05, 4.69) is 9.84 Å². The molecule has 2 aromatic carbocycles.